The molecule has 2 heterocycles. The van der Waals surface area contributed by atoms with Crippen molar-refractivity contribution in [2.75, 3.05) is 18.5 Å². The average molecular weight is 270 g/mol. The second kappa shape index (κ2) is 7.60. The topological polar surface area (TPSA) is 41.0 Å². The van der Waals surface area contributed by atoms with Crippen molar-refractivity contribution in [3.05, 3.63) is 54.0 Å². The molecule has 1 N–H and O–H groups in total. The van der Waals surface area contributed by atoms with Gasteiger partial charge in [-0.25, -0.2) is 4.98 Å². The minimum absolute atomic E-state index is 0.824. The van der Waals surface area contributed by atoms with E-state index in [1.165, 1.54) is 5.56 Å². The first-order valence-electron chi connectivity index (χ1n) is 7.06. The van der Waals surface area contributed by atoms with E-state index in [2.05, 4.69) is 46.3 Å². The Morgan fingerprint density at radius 1 is 1.15 bits per heavy atom. The van der Waals surface area contributed by atoms with Gasteiger partial charge in [-0.2, -0.15) is 0 Å². The first-order chi connectivity index (χ1) is 9.79. The SMILES string of the molecule is CCCNCc1cccc(N(C)Cc2ccncc2)n1. The lowest BCUT2D eigenvalue weighted by atomic mass is 10.2. The van der Waals surface area contributed by atoms with Crippen molar-refractivity contribution in [3.8, 4) is 0 Å². The van der Waals surface area contributed by atoms with Crippen molar-refractivity contribution in [1.82, 2.24) is 15.3 Å². The van der Waals surface area contributed by atoms with E-state index in [4.69, 9.17) is 0 Å². The molecule has 0 fully saturated rings. The summed E-state index contributed by atoms with van der Waals surface area (Å²) in [5.41, 5.74) is 2.32. The number of anilines is 1. The summed E-state index contributed by atoms with van der Waals surface area (Å²) in [7, 11) is 2.06. The number of aromatic nitrogens is 2. The van der Waals surface area contributed by atoms with Crippen LogP contribution in [0.1, 0.15) is 24.6 Å². The largest absolute Gasteiger partial charge is 0.355 e. The molecule has 0 aliphatic rings. The van der Waals surface area contributed by atoms with Crippen LogP contribution in [0.25, 0.3) is 0 Å². The number of rotatable bonds is 7. The fourth-order valence-electron chi connectivity index (χ4n) is 2.01. The molecule has 0 bridgehead atoms. The van der Waals surface area contributed by atoms with Gasteiger partial charge in [0.1, 0.15) is 5.82 Å². The first-order valence-corrected chi connectivity index (χ1v) is 7.06. The van der Waals surface area contributed by atoms with Gasteiger partial charge in [-0.05, 0) is 42.8 Å². The van der Waals surface area contributed by atoms with Gasteiger partial charge in [-0.15, -0.1) is 0 Å². The van der Waals surface area contributed by atoms with Crippen LogP contribution < -0.4 is 10.2 Å². The normalized spacial score (nSPS) is 10.5. The van der Waals surface area contributed by atoms with E-state index in [9.17, 15) is 0 Å². The minimum Gasteiger partial charge on any atom is -0.355 e. The third kappa shape index (κ3) is 4.31. The summed E-state index contributed by atoms with van der Waals surface area (Å²) in [5.74, 6) is 0.998. The van der Waals surface area contributed by atoms with Crippen LogP contribution in [-0.2, 0) is 13.1 Å². The Morgan fingerprint density at radius 3 is 2.70 bits per heavy atom. The third-order valence-electron chi connectivity index (χ3n) is 3.09. The van der Waals surface area contributed by atoms with Crippen molar-refractivity contribution >= 4 is 5.82 Å². The fourth-order valence-corrected chi connectivity index (χ4v) is 2.01. The summed E-state index contributed by atoms with van der Waals surface area (Å²) in [5, 5.41) is 3.38. The second-order valence-corrected chi connectivity index (χ2v) is 4.88. The highest BCUT2D eigenvalue weighted by Crippen LogP contribution is 2.13. The Labute approximate surface area is 120 Å². The van der Waals surface area contributed by atoms with E-state index in [1.54, 1.807) is 0 Å². The van der Waals surface area contributed by atoms with Crippen LogP contribution in [0, 0.1) is 0 Å². The summed E-state index contributed by atoms with van der Waals surface area (Å²) in [6.45, 7) is 4.85. The maximum atomic E-state index is 4.69. The molecular formula is C16H22N4. The first kappa shape index (κ1) is 14.5. The van der Waals surface area contributed by atoms with Gasteiger partial charge in [0.15, 0.2) is 0 Å². The molecule has 4 heteroatoms. The van der Waals surface area contributed by atoms with Crippen molar-refractivity contribution in [2.24, 2.45) is 0 Å². The van der Waals surface area contributed by atoms with Gasteiger partial charge in [-0.3, -0.25) is 4.98 Å². The predicted octanol–water partition coefficient (Wildman–Crippen LogP) is 2.61. The lowest BCUT2D eigenvalue weighted by Gasteiger charge is -2.19. The van der Waals surface area contributed by atoms with Gasteiger partial charge < -0.3 is 10.2 Å². The van der Waals surface area contributed by atoms with Gasteiger partial charge in [-0.1, -0.05) is 13.0 Å². The van der Waals surface area contributed by atoms with Crippen molar-refractivity contribution in [1.29, 1.82) is 0 Å². The summed E-state index contributed by atoms with van der Waals surface area (Å²) >= 11 is 0. The molecule has 0 saturated carbocycles. The van der Waals surface area contributed by atoms with E-state index in [-0.39, 0.29) is 0 Å². The van der Waals surface area contributed by atoms with Gasteiger partial charge in [0.2, 0.25) is 0 Å². The van der Waals surface area contributed by atoms with Crippen molar-refractivity contribution in [3.63, 3.8) is 0 Å². The van der Waals surface area contributed by atoms with Crippen LogP contribution in [0.5, 0.6) is 0 Å². The van der Waals surface area contributed by atoms with E-state index in [1.807, 2.05) is 30.6 Å². The molecule has 2 rings (SSSR count). The molecule has 0 radical (unpaired) electrons. The number of nitrogens with one attached hydrogen (secondary N) is 1. The molecule has 0 aliphatic carbocycles. The molecule has 2 aromatic rings. The summed E-state index contributed by atoms with van der Waals surface area (Å²) in [6, 6.07) is 10.2. The summed E-state index contributed by atoms with van der Waals surface area (Å²) in [6.07, 6.45) is 4.78. The Kier molecular flexibility index (Phi) is 5.50. The fraction of sp³-hybridized carbons (Fsp3) is 0.375. The molecule has 0 unspecified atom stereocenters. The number of hydrogen-bond donors (Lipinski definition) is 1. The van der Waals surface area contributed by atoms with Gasteiger partial charge in [0, 0.05) is 32.5 Å². The monoisotopic (exact) mass is 270 g/mol. The Bertz CT molecular complexity index is 513. The molecule has 0 amide bonds. The maximum Gasteiger partial charge on any atom is 0.128 e. The van der Waals surface area contributed by atoms with Crippen LogP contribution >= 0.6 is 0 Å². The van der Waals surface area contributed by atoms with Gasteiger partial charge in [0.25, 0.3) is 0 Å². The zero-order chi connectivity index (χ0) is 14.2. The smallest absolute Gasteiger partial charge is 0.128 e. The molecule has 0 spiro atoms. The lowest BCUT2D eigenvalue weighted by molar-refractivity contribution is 0.663. The molecule has 106 valence electrons. The zero-order valence-electron chi connectivity index (χ0n) is 12.2. The van der Waals surface area contributed by atoms with E-state index < -0.39 is 0 Å². The Hall–Kier alpha value is -1.94. The molecule has 0 aromatic carbocycles. The highest BCUT2D eigenvalue weighted by Gasteiger charge is 2.04. The Balaban J connectivity index is 1.99. The van der Waals surface area contributed by atoms with Crippen LogP contribution in [0.15, 0.2) is 42.7 Å². The van der Waals surface area contributed by atoms with Crippen LogP contribution in [0.3, 0.4) is 0 Å². The molecule has 0 atom stereocenters. The van der Waals surface area contributed by atoms with Crippen molar-refractivity contribution in [2.45, 2.75) is 26.4 Å². The number of nitrogens with zero attached hydrogens (tertiary/aromatic N) is 3. The van der Waals surface area contributed by atoms with E-state index in [0.29, 0.717) is 0 Å². The van der Waals surface area contributed by atoms with Gasteiger partial charge >= 0.3 is 0 Å². The Morgan fingerprint density at radius 2 is 1.95 bits per heavy atom. The predicted molar refractivity (Wildman–Crippen MR) is 82.6 cm³/mol. The lowest BCUT2D eigenvalue weighted by Crippen LogP contribution is -2.19. The van der Waals surface area contributed by atoms with E-state index in [0.717, 1.165) is 37.6 Å². The molecular weight excluding hydrogens is 248 g/mol. The number of hydrogen-bond acceptors (Lipinski definition) is 4. The standard InChI is InChI=1S/C16H22N4/c1-3-9-18-12-15-5-4-6-16(19-15)20(2)13-14-7-10-17-11-8-14/h4-8,10-11,18H,3,9,12-13H2,1-2H3. The maximum absolute atomic E-state index is 4.69. The summed E-state index contributed by atoms with van der Waals surface area (Å²) < 4.78 is 0. The minimum atomic E-state index is 0.824. The molecule has 0 saturated heterocycles. The molecule has 4 nitrogen and oxygen atoms in total. The van der Waals surface area contributed by atoms with Crippen LogP contribution in [-0.4, -0.2) is 23.6 Å². The molecule has 0 aliphatic heterocycles. The summed E-state index contributed by atoms with van der Waals surface area (Å²) in [4.78, 5) is 10.9. The van der Waals surface area contributed by atoms with Gasteiger partial charge in [0.05, 0.1) is 5.69 Å². The van der Waals surface area contributed by atoms with Crippen LogP contribution in [0.4, 0.5) is 5.82 Å². The average Bonchev–Trinajstić information content (AvgIpc) is 2.49. The van der Waals surface area contributed by atoms with Crippen molar-refractivity contribution < 1.29 is 0 Å². The second-order valence-electron chi connectivity index (χ2n) is 4.88. The van der Waals surface area contributed by atoms with E-state index >= 15 is 0 Å². The highest BCUT2D eigenvalue weighted by molar-refractivity contribution is 5.39. The highest BCUT2D eigenvalue weighted by atomic mass is 15.2. The quantitative estimate of drug-likeness (QED) is 0.785. The molecule has 2 aromatic heterocycles. The van der Waals surface area contributed by atoms with Crippen LogP contribution in [0.2, 0.25) is 0 Å². The molecule has 20 heavy (non-hydrogen) atoms. The zero-order valence-corrected chi connectivity index (χ0v) is 12.2. The number of pyridine rings is 2. The third-order valence-corrected chi connectivity index (χ3v) is 3.09.